The molecule has 2 N–H and O–H groups in total. The Kier molecular flexibility index (Phi) is 5.87. The zero-order valence-corrected chi connectivity index (χ0v) is 17.7. The Labute approximate surface area is 172 Å². The Morgan fingerprint density at radius 3 is 2.69 bits per heavy atom. The topological polar surface area (TPSA) is 91.8 Å². The maximum atomic E-state index is 12.4. The maximum absolute atomic E-state index is 12.4. The molecule has 1 saturated heterocycles. The van der Waals surface area contributed by atoms with E-state index in [0.29, 0.717) is 36.7 Å². The van der Waals surface area contributed by atoms with Crippen molar-refractivity contribution in [2.24, 2.45) is 11.3 Å². The van der Waals surface area contributed by atoms with Gasteiger partial charge in [-0.05, 0) is 70.4 Å². The third-order valence-corrected chi connectivity index (χ3v) is 5.84. The standard InChI is InChI=1S/C22H31N3O4/c1-15(11-16-5-8-23-14-18(16)26)19(27)24-13-17-12-22(17)6-9-25(10-7-22)20(28)29-21(2,3)4/h5,8,11,14,17,26H,6-7,9-10,12-13H2,1-4H3,(H,24,27)/b15-11+. The molecule has 1 aromatic rings. The molecule has 1 saturated carbocycles. The molecule has 29 heavy (non-hydrogen) atoms. The number of hydrogen-bond acceptors (Lipinski definition) is 5. The highest BCUT2D eigenvalue weighted by Crippen LogP contribution is 2.59. The van der Waals surface area contributed by atoms with Crippen LogP contribution in [-0.2, 0) is 9.53 Å². The average molecular weight is 402 g/mol. The molecule has 0 aromatic carbocycles. The average Bonchev–Trinajstić information content (AvgIpc) is 3.32. The number of aromatic hydroxyl groups is 1. The fourth-order valence-electron chi connectivity index (χ4n) is 3.97. The van der Waals surface area contributed by atoms with Crippen LogP contribution in [0.25, 0.3) is 6.08 Å². The lowest BCUT2D eigenvalue weighted by atomic mass is 9.91. The first-order valence-electron chi connectivity index (χ1n) is 10.2. The van der Waals surface area contributed by atoms with Crippen molar-refractivity contribution in [2.45, 2.75) is 52.6 Å². The summed E-state index contributed by atoms with van der Waals surface area (Å²) < 4.78 is 5.46. The van der Waals surface area contributed by atoms with Gasteiger partial charge in [0.1, 0.15) is 11.4 Å². The van der Waals surface area contributed by atoms with Gasteiger partial charge in [-0.25, -0.2) is 4.79 Å². The van der Waals surface area contributed by atoms with Crippen molar-refractivity contribution >= 4 is 18.1 Å². The number of carbonyl (C=O) groups excluding carboxylic acids is 2. The number of aromatic nitrogens is 1. The van der Waals surface area contributed by atoms with Gasteiger partial charge in [-0.15, -0.1) is 0 Å². The first-order chi connectivity index (χ1) is 13.6. The van der Waals surface area contributed by atoms with E-state index in [1.165, 1.54) is 6.20 Å². The fraction of sp³-hybridized carbons (Fsp3) is 0.591. The van der Waals surface area contributed by atoms with Crippen molar-refractivity contribution in [3.63, 3.8) is 0 Å². The molecule has 158 valence electrons. The summed E-state index contributed by atoms with van der Waals surface area (Å²) in [5, 5.41) is 12.8. The first kappa shape index (κ1) is 21.1. The van der Waals surface area contributed by atoms with Crippen molar-refractivity contribution in [1.82, 2.24) is 15.2 Å². The maximum Gasteiger partial charge on any atom is 0.410 e. The van der Waals surface area contributed by atoms with Gasteiger partial charge < -0.3 is 20.1 Å². The number of rotatable bonds is 4. The van der Waals surface area contributed by atoms with Crippen LogP contribution in [0.4, 0.5) is 4.79 Å². The van der Waals surface area contributed by atoms with Gasteiger partial charge in [-0.3, -0.25) is 9.78 Å². The van der Waals surface area contributed by atoms with E-state index in [1.54, 1.807) is 30.2 Å². The van der Waals surface area contributed by atoms with E-state index in [1.807, 2.05) is 20.8 Å². The van der Waals surface area contributed by atoms with Gasteiger partial charge in [-0.1, -0.05) is 0 Å². The van der Waals surface area contributed by atoms with E-state index in [2.05, 4.69) is 10.3 Å². The lowest BCUT2D eigenvalue weighted by Crippen LogP contribution is -2.43. The van der Waals surface area contributed by atoms with E-state index < -0.39 is 5.60 Å². The predicted octanol–water partition coefficient (Wildman–Crippen LogP) is 3.34. The van der Waals surface area contributed by atoms with Gasteiger partial charge in [-0.2, -0.15) is 0 Å². The van der Waals surface area contributed by atoms with Crippen LogP contribution in [0.5, 0.6) is 5.75 Å². The highest BCUT2D eigenvalue weighted by Gasteiger charge is 2.55. The number of pyridine rings is 1. The van der Waals surface area contributed by atoms with Crippen LogP contribution in [0.3, 0.4) is 0 Å². The summed E-state index contributed by atoms with van der Waals surface area (Å²) in [4.78, 5) is 30.2. The molecule has 0 bridgehead atoms. The molecule has 2 amide bonds. The minimum Gasteiger partial charge on any atom is -0.506 e. The van der Waals surface area contributed by atoms with E-state index >= 15 is 0 Å². The molecule has 1 spiro atoms. The normalized spacial score (nSPS) is 21.0. The number of ether oxygens (including phenoxy) is 1. The van der Waals surface area contributed by atoms with Crippen LogP contribution in [-0.4, -0.2) is 52.2 Å². The second-order valence-electron chi connectivity index (χ2n) is 9.20. The van der Waals surface area contributed by atoms with Crippen LogP contribution in [0.2, 0.25) is 0 Å². The van der Waals surface area contributed by atoms with Gasteiger partial charge in [0.15, 0.2) is 0 Å². The minimum absolute atomic E-state index is 0.0533. The molecule has 2 heterocycles. The Bertz CT molecular complexity index is 805. The first-order valence-corrected chi connectivity index (χ1v) is 10.2. The SMILES string of the molecule is C/C(=C\c1ccncc1O)C(=O)NCC1CC12CCN(C(=O)OC(C)(C)C)CC2. The van der Waals surface area contributed by atoms with Gasteiger partial charge >= 0.3 is 6.09 Å². The number of amides is 2. The Hall–Kier alpha value is -2.57. The number of hydrogen-bond donors (Lipinski definition) is 2. The van der Waals surface area contributed by atoms with E-state index in [4.69, 9.17) is 4.74 Å². The van der Waals surface area contributed by atoms with Gasteiger partial charge in [0.2, 0.25) is 5.91 Å². The second kappa shape index (κ2) is 8.05. The Morgan fingerprint density at radius 1 is 1.38 bits per heavy atom. The summed E-state index contributed by atoms with van der Waals surface area (Å²) in [7, 11) is 0. The number of piperidine rings is 1. The molecule has 1 unspecified atom stereocenters. The van der Waals surface area contributed by atoms with E-state index in [-0.39, 0.29) is 23.2 Å². The summed E-state index contributed by atoms with van der Waals surface area (Å²) in [6, 6.07) is 1.67. The third-order valence-electron chi connectivity index (χ3n) is 5.84. The summed E-state index contributed by atoms with van der Waals surface area (Å²) >= 11 is 0. The predicted molar refractivity (Wildman–Crippen MR) is 110 cm³/mol. The van der Waals surface area contributed by atoms with Crippen molar-refractivity contribution < 1.29 is 19.4 Å². The van der Waals surface area contributed by atoms with E-state index in [9.17, 15) is 14.7 Å². The quantitative estimate of drug-likeness (QED) is 0.755. The monoisotopic (exact) mass is 401 g/mol. The zero-order valence-electron chi connectivity index (χ0n) is 17.7. The highest BCUT2D eigenvalue weighted by atomic mass is 16.6. The number of nitrogens with one attached hydrogen (secondary N) is 1. The smallest absolute Gasteiger partial charge is 0.410 e. The Balaban J connectivity index is 1.45. The molecule has 2 aliphatic rings. The molecule has 3 rings (SSSR count). The van der Waals surface area contributed by atoms with Crippen molar-refractivity contribution in [2.75, 3.05) is 19.6 Å². The Morgan fingerprint density at radius 2 is 2.07 bits per heavy atom. The number of likely N-dealkylation sites (tertiary alicyclic amines) is 1. The lowest BCUT2D eigenvalue weighted by Gasteiger charge is -2.34. The number of carbonyl (C=O) groups is 2. The zero-order chi connectivity index (χ0) is 21.2. The molecule has 0 radical (unpaired) electrons. The molecule has 1 aliphatic heterocycles. The van der Waals surface area contributed by atoms with Crippen molar-refractivity contribution in [3.05, 3.63) is 29.6 Å². The van der Waals surface area contributed by atoms with Crippen LogP contribution >= 0.6 is 0 Å². The minimum atomic E-state index is -0.475. The van der Waals surface area contributed by atoms with Crippen LogP contribution in [0, 0.1) is 11.3 Å². The summed E-state index contributed by atoms with van der Waals surface area (Å²) in [6.45, 7) is 9.42. The van der Waals surface area contributed by atoms with Crippen LogP contribution in [0.15, 0.2) is 24.0 Å². The molecule has 2 fully saturated rings. The molecular formula is C22H31N3O4. The van der Waals surface area contributed by atoms with Gasteiger partial charge in [0.25, 0.3) is 0 Å². The van der Waals surface area contributed by atoms with Crippen molar-refractivity contribution in [1.29, 1.82) is 0 Å². The molecule has 1 aromatic heterocycles. The van der Waals surface area contributed by atoms with Crippen molar-refractivity contribution in [3.8, 4) is 5.75 Å². The largest absolute Gasteiger partial charge is 0.506 e. The van der Waals surface area contributed by atoms with E-state index in [0.717, 1.165) is 19.3 Å². The summed E-state index contributed by atoms with van der Waals surface area (Å²) in [6.07, 6.45) is 7.34. The number of nitrogens with zero attached hydrogens (tertiary/aromatic N) is 2. The molecule has 1 aliphatic carbocycles. The van der Waals surface area contributed by atoms with Crippen LogP contribution < -0.4 is 5.32 Å². The lowest BCUT2D eigenvalue weighted by molar-refractivity contribution is -0.117. The molecular weight excluding hydrogens is 370 g/mol. The second-order valence-corrected chi connectivity index (χ2v) is 9.20. The summed E-state index contributed by atoms with van der Waals surface area (Å²) in [5.74, 6) is 0.376. The molecule has 1 atom stereocenters. The third kappa shape index (κ3) is 5.28. The highest BCUT2D eigenvalue weighted by molar-refractivity contribution is 5.97. The van der Waals surface area contributed by atoms with Gasteiger partial charge in [0.05, 0.1) is 6.20 Å². The summed E-state index contributed by atoms with van der Waals surface area (Å²) in [5.41, 5.74) is 0.884. The van der Waals surface area contributed by atoms with Crippen LogP contribution in [0.1, 0.15) is 52.5 Å². The molecule has 7 nitrogen and oxygen atoms in total. The fourth-order valence-corrected chi connectivity index (χ4v) is 3.97. The van der Waals surface area contributed by atoms with Gasteiger partial charge in [0, 0.05) is 37.0 Å². The molecule has 7 heteroatoms.